The highest BCUT2D eigenvalue weighted by molar-refractivity contribution is 6.35. The van der Waals surface area contributed by atoms with Gasteiger partial charge in [0.05, 0.1) is 10.7 Å². The molecule has 0 radical (unpaired) electrons. The molecule has 1 aromatic carbocycles. The third-order valence-corrected chi connectivity index (χ3v) is 5.27. The fourth-order valence-electron chi connectivity index (χ4n) is 3.62. The van der Waals surface area contributed by atoms with Gasteiger partial charge in [0.1, 0.15) is 0 Å². The minimum atomic E-state index is -0.0663. The molecule has 2 fully saturated rings. The van der Waals surface area contributed by atoms with Crippen LogP contribution in [-0.2, 0) is 0 Å². The number of amides is 2. The molecular formula is C16H21Cl2N3O. The summed E-state index contributed by atoms with van der Waals surface area (Å²) in [5.41, 5.74) is 0.578. The van der Waals surface area contributed by atoms with Gasteiger partial charge in [0.2, 0.25) is 0 Å². The molecule has 22 heavy (non-hydrogen) atoms. The fourth-order valence-corrected chi connectivity index (χ4v) is 3.95. The zero-order valence-electron chi connectivity index (χ0n) is 12.7. The van der Waals surface area contributed by atoms with E-state index in [1.165, 1.54) is 6.42 Å². The number of urea groups is 1. The van der Waals surface area contributed by atoms with Crippen molar-refractivity contribution >= 4 is 34.9 Å². The maximum Gasteiger partial charge on any atom is 0.322 e. The quantitative estimate of drug-likeness (QED) is 0.839. The monoisotopic (exact) mass is 341 g/mol. The average molecular weight is 342 g/mol. The van der Waals surface area contributed by atoms with Crippen molar-refractivity contribution in [3.63, 3.8) is 0 Å². The van der Waals surface area contributed by atoms with Gasteiger partial charge >= 0.3 is 6.03 Å². The maximum atomic E-state index is 12.7. The summed E-state index contributed by atoms with van der Waals surface area (Å²) in [7, 11) is 2.15. The number of benzene rings is 1. The summed E-state index contributed by atoms with van der Waals surface area (Å²) in [5, 5.41) is 4.00. The Hall–Kier alpha value is -0.970. The summed E-state index contributed by atoms with van der Waals surface area (Å²) in [6.07, 6.45) is 3.31. The molecule has 2 aliphatic heterocycles. The molecule has 2 heterocycles. The first kappa shape index (κ1) is 15.9. The van der Waals surface area contributed by atoms with Gasteiger partial charge in [-0.15, -0.1) is 0 Å². The lowest BCUT2D eigenvalue weighted by atomic mass is 9.84. The lowest BCUT2D eigenvalue weighted by Crippen LogP contribution is -2.56. The third kappa shape index (κ3) is 3.34. The summed E-state index contributed by atoms with van der Waals surface area (Å²) in [6, 6.07) is 5.38. The predicted octanol–water partition coefficient (Wildman–Crippen LogP) is 3.94. The smallest absolute Gasteiger partial charge is 0.321 e. The molecule has 4 nitrogen and oxygen atoms in total. The number of nitrogens with one attached hydrogen (secondary N) is 1. The maximum absolute atomic E-state index is 12.7. The second-order valence-corrected chi connectivity index (χ2v) is 7.11. The van der Waals surface area contributed by atoms with Crippen molar-refractivity contribution in [1.29, 1.82) is 0 Å². The van der Waals surface area contributed by atoms with Crippen LogP contribution < -0.4 is 5.32 Å². The van der Waals surface area contributed by atoms with Crippen LogP contribution in [0.1, 0.15) is 19.3 Å². The van der Waals surface area contributed by atoms with Crippen LogP contribution >= 0.6 is 23.2 Å². The van der Waals surface area contributed by atoms with Crippen molar-refractivity contribution in [3.8, 4) is 0 Å². The largest absolute Gasteiger partial charge is 0.322 e. The highest BCUT2D eigenvalue weighted by atomic mass is 35.5. The SMILES string of the molecule is CN1CC[C@H]2[C@H](CCCN2C(=O)Nc2cc(Cl)ccc2Cl)C1. The van der Waals surface area contributed by atoms with Crippen molar-refractivity contribution in [2.45, 2.75) is 25.3 Å². The van der Waals surface area contributed by atoms with Crippen molar-refractivity contribution in [1.82, 2.24) is 9.80 Å². The molecule has 0 saturated carbocycles. The fraction of sp³-hybridized carbons (Fsp3) is 0.562. The van der Waals surface area contributed by atoms with E-state index >= 15 is 0 Å². The number of nitrogens with zero attached hydrogens (tertiary/aromatic N) is 2. The predicted molar refractivity (Wildman–Crippen MR) is 90.8 cm³/mol. The summed E-state index contributed by atoms with van der Waals surface area (Å²) < 4.78 is 0. The molecule has 0 aliphatic carbocycles. The normalized spacial score (nSPS) is 25.7. The summed E-state index contributed by atoms with van der Waals surface area (Å²) in [6.45, 7) is 2.93. The van der Waals surface area contributed by atoms with Crippen molar-refractivity contribution in [2.24, 2.45) is 5.92 Å². The van der Waals surface area contributed by atoms with Crippen molar-refractivity contribution in [2.75, 3.05) is 32.0 Å². The van der Waals surface area contributed by atoms with Crippen molar-refractivity contribution in [3.05, 3.63) is 28.2 Å². The Morgan fingerprint density at radius 3 is 2.91 bits per heavy atom. The van der Waals surface area contributed by atoms with Gasteiger partial charge in [-0.1, -0.05) is 23.2 Å². The molecule has 0 spiro atoms. The van der Waals surface area contributed by atoms with Gasteiger partial charge in [-0.05, 0) is 57.0 Å². The number of hydrogen-bond donors (Lipinski definition) is 1. The molecule has 1 N–H and O–H groups in total. The van der Waals surface area contributed by atoms with Crippen LogP contribution in [0.3, 0.4) is 0 Å². The molecule has 0 aromatic heterocycles. The van der Waals surface area contributed by atoms with E-state index in [2.05, 4.69) is 17.3 Å². The summed E-state index contributed by atoms with van der Waals surface area (Å²) >= 11 is 12.1. The van der Waals surface area contributed by atoms with Crippen molar-refractivity contribution < 1.29 is 4.79 Å². The van der Waals surface area contributed by atoms with Crippen LogP contribution in [0.5, 0.6) is 0 Å². The molecular weight excluding hydrogens is 321 g/mol. The minimum Gasteiger partial charge on any atom is -0.321 e. The number of rotatable bonds is 1. The van der Waals surface area contributed by atoms with Gasteiger partial charge in [0, 0.05) is 24.2 Å². The minimum absolute atomic E-state index is 0.0663. The van der Waals surface area contributed by atoms with Gasteiger partial charge in [0.25, 0.3) is 0 Å². The van der Waals surface area contributed by atoms with Gasteiger partial charge in [0.15, 0.2) is 0 Å². The van der Waals surface area contributed by atoms with E-state index in [-0.39, 0.29) is 6.03 Å². The molecule has 1 aromatic rings. The number of fused-ring (bicyclic) bond motifs is 1. The lowest BCUT2D eigenvalue weighted by molar-refractivity contribution is 0.0579. The van der Waals surface area contributed by atoms with E-state index in [4.69, 9.17) is 23.2 Å². The molecule has 2 aliphatic rings. The first-order chi connectivity index (χ1) is 10.5. The van der Waals surface area contributed by atoms with Crippen LogP contribution in [0.25, 0.3) is 0 Å². The Bertz CT molecular complexity index is 566. The lowest BCUT2D eigenvalue weighted by Gasteiger charge is -2.46. The number of carbonyl (C=O) groups excluding carboxylic acids is 1. The van der Waals surface area contributed by atoms with Gasteiger partial charge in [-0.2, -0.15) is 0 Å². The van der Waals surface area contributed by atoms with Crippen LogP contribution in [0.15, 0.2) is 18.2 Å². The van der Waals surface area contributed by atoms with Gasteiger partial charge in [-0.25, -0.2) is 4.79 Å². The molecule has 3 rings (SSSR count). The second-order valence-electron chi connectivity index (χ2n) is 6.27. The molecule has 2 amide bonds. The van der Waals surface area contributed by atoms with Crippen LogP contribution in [-0.4, -0.2) is 48.6 Å². The van der Waals surface area contributed by atoms with E-state index in [1.54, 1.807) is 18.2 Å². The first-order valence-electron chi connectivity index (χ1n) is 7.76. The van der Waals surface area contributed by atoms with E-state index in [0.717, 1.165) is 32.5 Å². The Labute approximate surface area is 141 Å². The second kappa shape index (κ2) is 6.65. The van der Waals surface area contributed by atoms with E-state index < -0.39 is 0 Å². The highest BCUT2D eigenvalue weighted by Crippen LogP contribution is 2.31. The number of piperidine rings is 2. The summed E-state index contributed by atoms with van der Waals surface area (Å²) in [4.78, 5) is 17.0. The highest BCUT2D eigenvalue weighted by Gasteiger charge is 2.37. The Kier molecular flexibility index (Phi) is 4.81. The zero-order valence-corrected chi connectivity index (χ0v) is 14.2. The zero-order chi connectivity index (χ0) is 15.7. The number of halogens is 2. The number of likely N-dealkylation sites (tertiary alicyclic amines) is 2. The molecule has 0 unspecified atom stereocenters. The number of carbonyl (C=O) groups is 1. The molecule has 6 heteroatoms. The van der Waals surface area contributed by atoms with Gasteiger partial charge in [-0.3, -0.25) is 0 Å². The molecule has 0 bridgehead atoms. The standard InChI is InChI=1S/C16H21Cl2N3O/c1-20-8-6-15-11(10-20)3-2-7-21(15)16(22)19-14-9-12(17)4-5-13(14)18/h4-5,9,11,15H,2-3,6-8,10H2,1H3,(H,19,22)/t11-,15+/m1/s1. The topological polar surface area (TPSA) is 35.6 Å². The average Bonchev–Trinajstić information content (AvgIpc) is 2.50. The third-order valence-electron chi connectivity index (χ3n) is 4.70. The van der Waals surface area contributed by atoms with Gasteiger partial charge < -0.3 is 15.1 Å². The Morgan fingerprint density at radius 2 is 2.09 bits per heavy atom. The molecule has 120 valence electrons. The van der Waals surface area contributed by atoms with Crippen LogP contribution in [0.2, 0.25) is 10.0 Å². The van der Waals surface area contributed by atoms with E-state index in [9.17, 15) is 4.79 Å². The van der Waals surface area contributed by atoms with E-state index in [0.29, 0.717) is 27.7 Å². The Morgan fingerprint density at radius 1 is 1.27 bits per heavy atom. The van der Waals surface area contributed by atoms with Crippen LogP contribution in [0.4, 0.5) is 10.5 Å². The summed E-state index contributed by atoms with van der Waals surface area (Å²) in [5.74, 6) is 0.577. The van der Waals surface area contributed by atoms with E-state index in [1.807, 2.05) is 4.90 Å². The first-order valence-corrected chi connectivity index (χ1v) is 8.51. The number of anilines is 1. The Balaban J connectivity index is 1.72. The molecule has 2 atom stereocenters. The van der Waals surface area contributed by atoms with Crippen LogP contribution in [0, 0.1) is 5.92 Å². The molecule has 2 saturated heterocycles. The number of hydrogen-bond acceptors (Lipinski definition) is 2.